The largest absolute Gasteiger partial charge is 1.00 e. The fourth-order valence-electron chi connectivity index (χ4n) is 5.62. The Morgan fingerprint density at radius 1 is 0.300 bits per heavy atom. The van der Waals surface area contributed by atoms with Crippen molar-refractivity contribution in [2.45, 2.75) is 38.7 Å². The predicted molar refractivity (Wildman–Crippen MR) is 238 cm³/mol. The van der Waals surface area contributed by atoms with Crippen LogP contribution >= 0.6 is 0 Å². The summed E-state index contributed by atoms with van der Waals surface area (Å²) in [6, 6.07) is 47.5. The Hall–Kier alpha value is -6.36. The number of nitrogens with zero attached hydrogens (tertiary/aromatic N) is 8. The molecule has 0 aliphatic rings. The molecule has 0 aliphatic carbocycles. The number of aromatic nitrogens is 8. The summed E-state index contributed by atoms with van der Waals surface area (Å²) in [6.45, 7) is 7.92. The molecule has 8 rings (SSSR count). The molecule has 0 amide bonds. The first-order valence-electron chi connectivity index (χ1n) is 19.6. The Labute approximate surface area is 419 Å². The van der Waals surface area contributed by atoms with Crippen molar-refractivity contribution < 1.29 is 86.4 Å². The maximum atomic E-state index is 10.7. The third-order valence-corrected chi connectivity index (χ3v) is 9.83. The molecule has 0 atom stereocenters. The molecule has 8 aromatic heterocycles. The van der Waals surface area contributed by atoms with E-state index in [1.807, 2.05) is 173 Å². The summed E-state index contributed by atoms with van der Waals surface area (Å²) in [5.41, 5.74) is 2.69. The van der Waals surface area contributed by atoms with E-state index in [-0.39, 0.29) is 34.1 Å². The van der Waals surface area contributed by atoms with E-state index < -0.39 is 31.3 Å². The molecule has 0 aliphatic heterocycles. The number of hydrogen-bond acceptors (Lipinski definition) is 14. The molecule has 0 N–H and O–H groups in total. The SMILES string of the molecule is Cc1cccc(-c2cccc(-c3cccc(-c4cccc(C)n4)n3)n2)n1.Cc1cccc(-c2cccc(-c3cccc(-c4cccc(C)n4)n3)n2)n1.O=S(=O)([O-])C(F)(F)F.O=S(=O)([O-])C(F)(F)F.[Cu+].[Cu+]. The van der Waals surface area contributed by atoms with Gasteiger partial charge in [0.05, 0.1) is 68.3 Å². The Bertz CT molecular complexity index is 2880. The van der Waals surface area contributed by atoms with Gasteiger partial charge in [0.15, 0.2) is 20.2 Å². The fraction of sp³-hybridized carbons (Fsp3) is 0.130. The van der Waals surface area contributed by atoms with Crippen LogP contribution in [0.15, 0.2) is 146 Å². The Morgan fingerprint density at radius 3 is 0.529 bits per heavy atom. The molecule has 0 aromatic carbocycles. The first-order chi connectivity index (χ1) is 31.9. The van der Waals surface area contributed by atoms with E-state index in [0.29, 0.717) is 0 Å². The van der Waals surface area contributed by atoms with Crippen LogP contribution in [-0.4, -0.2) is 76.8 Å². The van der Waals surface area contributed by atoms with Crippen molar-refractivity contribution in [2.24, 2.45) is 0 Å². The second-order valence-electron chi connectivity index (χ2n) is 14.1. The molecular weight excluding hydrogens is 1070 g/mol. The average molecular weight is 1100 g/mol. The summed E-state index contributed by atoms with van der Waals surface area (Å²) < 4.78 is 118. The van der Waals surface area contributed by atoms with Crippen molar-refractivity contribution in [1.29, 1.82) is 0 Å². The number of pyridine rings is 8. The normalized spacial score (nSPS) is 11.1. The van der Waals surface area contributed by atoms with Crippen LogP contribution in [0.25, 0.3) is 68.3 Å². The zero-order valence-electron chi connectivity index (χ0n) is 36.6. The third kappa shape index (κ3) is 16.9. The van der Waals surface area contributed by atoms with E-state index in [1.165, 1.54) is 0 Å². The fourth-order valence-corrected chi connectivity index (χ4v) is 5.62. The monoisotopic (exact) mass is 1100 g/mol. The molecule has 372 valence electrons. The van der Waals surface area contributed by atoms with Crippen LogP contribution < -0.4 is 0 Å². The molecule has 0 saturated heterocycles. The zero-order valence-corrected chi connectivity index (χ0v) is 40.1. The van der Waals surface area contributed by atoms with Crippen molar-refractivity contribution in [1.82, 2.24) is 39.9 Å². The summed E-state index contributed by atoms with van der Waals surface area (Å²) in [5.74, 6) is 0. The molecular formula is C46H36Cu2F6N8O6S2. The van der Waals surface area contributed by atoms with Gasteiger partial charge >= 0.3 is 45.2 Å². The van der Waals surface area contributed by atoms with Crippen LogP contribution in [0.2, 0.25) is 0 Å². The topological polar surface area (TPSA) is 218 Å². The van der Waals surface area contributed by atoms with Crippen LogP contribution in [0.3, 0.4) is 0 Å². The summed E-state index contributed by atoms with van der Waals surface area (Å²) >= 11 is 0. The molecule has 0 saturated carbocycles. The molecule has 70 heavy (non-hydrogen) atoms. The van der Waals surface area contributed by atoms with Crippen LogP contribution in [-0.2, 0) is 54.4 Å². The van der Waals surface area contributed by atoms with E-state index in [1.54, 1.807) is 0 Å². The van der Waals surface area contributed by atoms with E-state index in [9.17, 15) is 26.3 Å². The van der Waals surface area contributed by atoms with Gasteiger partial charge < -0.3 is 9.11 Å². The van der Waals surface area contributed by atoms with Gasteiger partial charge in [-0.05, 0) is 125 Å². The quantitative estimate of drug-likeness (QED) is 0.0655. The van der Waals surface area contributed by atoms with Gasteiger partial charge in [-0.25, -0.2) is 36.8 Å². The minimum atomic E-state index is -6.09. The van der Waals surface area contributed by atoms with Crippen molar-refractivity contribution >= 4 is 20.2 Å². The van der Waals surface area contributed by atoms with Gasteiger partial charge in [0, 0.05) is 22.8 Å². The second-order valence-corrected chi connectivity index (χ2v) is 16.8. The van der Waals surface area contributed by atoms with Crippen molar-refractivity contribution in [2.75, 3.05) is 0 Å². The van der Waals surface area contributed by atoms with Gasteiger partial charge in [0.2, 0.25) is 0 Å². The van der Waals surface area contributed by atoms with Gasteiger partial charge in [-0.2, -0.15) is 26.3 Å². The maximum Gasteiger partial charge on any atom is 1.00 e. The van der Waals surface area contributed by atoms with Crippen molar-refractivity contribution in [3.05, 3.63) is 168 Å². The summed E-state index contributed by atoms with van der Waals surface area (Å²) in [6.07, 6.45) is 0. The van der Waals surface area contributed by atoms with Crippen LogP contribution in [0, 0.1) is 27.7 Å². The van der Waals surface area contributed by atoms with Gasteiger partial charge in [0.1, 0.15) is 0 Å². The summed E-state index contributed by atoms with van der Waals surface area (Å²) in [7, 11) is -12.2. The molecule has 0 spiro atoms. The smallest absolute Gasteiger partial charge is 0.741 e. The molecule has 0 radical (unpaired) electrons. The number of rotatable bonds is 6. The number of alkyl halides is 6. The number of aryl methyl sites for hydroxylation is 4. The van der Waals surface area contributed by atoms with Crippen molar-refractivity contribution in [3.63, 3.8) is 0 Å². The van der Waals surface area contributed by atoms with Crippen LogP contribution in [0.1, 0.15) is 22.8 Å². The van der Waals surface area contributed by atoms with Gasteiger partial charge in [0.25, 0.3) is 0 Å². The first kappa shape index (κ1) is 58.0. The minimum absolute atomic E-state index is 0. The average Bonchev–Trinajstić information content (AvgIpc) is 3.29. The van der Waals surface area contributed by atoms with Crippen molar-refractivity contribution in [3.8, 4) is 68.3 Å². The van der Waals surface area contributed by atoms with E-state index in [0.717, 1.165) is 91.1 Å². The standard InChI is InChI=1S/2C22H18N4.2CHF3O3S.2Cu/c2*1-15-7-3-9-17(23-15)19-11-5-13-21(25-19)22-14-6-12-20(26-22)18-10-4-8-16(2)24-18;2*2-1(3,4)8(5,6)7;;/h2*3-14H,1-2H3;2*(H,5,6,7);;/q;;;;2*+1/p-2. The van der Waals surface area contributed by atoms with Gasteiger partial charge in [-0.15, -0.1) is 0 Å². The van der Waals surface area contributed by atoms with Crippen LogP contribution in [0.4, 0.5) is 26.3 Å². The second kappa shape index (κ2) is 25.0. The number of hydrogen-bond donors (Lipinski definition) is 0. The van der Waals surface area contributed by atoms with Crippen LogP contribution in [0.5, 0.6) is 0 Å². The predicted octanol–water partition coefficient (Wildman–Crippen LogP) is 9.87. The molecule has 0 bridgehead atoms. The molecule has 8 aromatic rings. The molecule has 0 fully saturated rings. The Morgan fingerprint density at radius 2 is 0.414 bits per heavy atom. The van der Waals surface area contributed by atoms with Gasteiger partial charge in [-0.3, -0.25) is 19.9 Å². The Balaban J connectivity index is 0.000000278. The third-order valence-electron chi connectivity index (χ3n) is 8.69. The molecule has 0 unspecified atom stereocenters. The first-order valence-corrected chi connectivity index (χ1v) is 22.4. The summed E-state index contributed by atoms with van der Waals surface area (Å²) in [4.78, 5) is 37.3. The molecule has 24 heteroatoms. The van der Waals surface area contributed by atoms with E-state index in [4.69, 9.17) is 45.9 Å². The minimum Gasteiger partial charge on any atom is -0.741 e. The number of halogens is 6. The van der Waals surface area contributed by atoms with E-state index in [2.05, 4.69) is 19.9 Å². The molecule has 14 nitrogen and oxygen atoms in total. The Kier molecular flexibility index (Phi) is 20.7. The summed E-state index contributed by atoms with van der Waals surface area (Å²) in [5, 5.41) is 0. The van der Waals surface area contributed by atoms with E-state index >= 15 is 0 Å². The zero-order chi connectivity index (χ0) is 49.9. The molecule has 8 heterocycles. The van der Waals surface area contributed by atoms with Gasteiger partial charge in [-0.1, -0.05) is 48.5 Å². The maximum absolute atomic E-state index is 10.7.